The second-order valence-electron chi connectivity index (χ2n) is 13.6. The van der Waals surface area contributed by atoms with Gasteiger partial charge in [-0.15, -0.1) is 0 Å². The third kappa shape index (κ3) is 5.71. The molecule has 0 spiro atoms. The Morgan fingerprint density at radius 1 is 0.913 bits per heavy atom. The molecule has 6 heteroatoms. The summed E-state index contributed by atoms with van der Waals surface area (Å²) in [4.78, 5) is 32.1. The molecule has 7 rings (SSSR count). The van der Waals surface area contributed by atoms with Gasteiger partial charge in [-0.25, -0.2) is 0 Å². The number of carbonyl (C=O) groups excluding carboxylic acids is 2. The van der Waals surface area contributed by atoms with Crippen LogP contribution in [0.3, 0.4) is 0 Å². The smallest absolute Gasteiger partial charge is 0.234 e. The molecular weight excluding hydrogens is 572 g/mol. The van der Waals surface area contributed by atoms with Crippen molar-refractivity contribution in [1.29, 1.82) is 0 Å². The molecule has 4 aliphatic rings. The molecule has 3 saturated heterocycles. The van der Waals surface area contributed by atoms with E-state index in [0.29, 0.717) is 18.8 Å². The van der Waals surface area contributed by atoms with E-state index in [1.54, 1.807) is 11.0 Å². The lowest BCUT2D eigenvalue weighted by molar-refractivity contribution is -0.144. The van der Waals surface area contributed by atoms with E-state index >= 15 is 0 Å². The van der Waals surface area contributed by atoms with E-state index in [0.717, 1.165) is 74.5 Å². The van der Waals surface area contributed by atoms with Crippen molar-refractivity contribution in [2.45, 2.75) is 77.5 Å². The predicted molar refractivity (Wildman–Crippen MR) is 182 cm³/mol. The SMILES string of the molecule is CCC1=C2[C@@H](CC/C(=C/c3ccc(O)c4ccccc34)CC)OC[C@@H]2[C@@H]2C(=O)N(C3CCN(Cc4ccccc4)CC3)C(=O)[C@@H]2C1. The van der Waals surface area contributed by atoms with Crippen LogP contribution in [0.4, 0.5) is 0 Å². The molecule has 3 aromatic carbocycles. The van der Waals surface area contributed by atoms with Crippen molar-refractivity contribution in [1.82, 2.24) is 9.80 Å². The highest BCUT2D eigenvalue weighted by Gasteiger charge is 2.58. The molecule has 240 valence electrons. The number of phenolic OH excluding ortho intramolecular Hbond substituents is 1. The van der Waals surface area contributed by atoms with Crippen molar-refractivity contribution in [2.75, 3.05) is 19.7 Å². The van der Waals surface area contributed by atoms with Crippen LogP contribution < -0.4 is 0 Å². The number of carbonyl (C=O) groups is 2. The topological polar surface area (TPSA) is 70.1 Å². The maximum absolute atomic E-state index is 14.1. The number of nitrogens with zero attached hydrogens (tertiary/aromatic N) is 2. The number of piperidine rings is 1. The molecule has 6 nitrogen and oxygen atoms in total. The van der Waals surface area contributed by atoms with Crippen LogP contribution in [0.15, 0.2) is 83.4 Å². The molecule has 0 saturated carbocycles. The number of hydrogen-bond donors (Lipinski definition) is 1. The van der Waals surface area contributed by atoms with Crippen molar-refractivity contribution in [3.63, 3.8) is 0 Å². The number of aromatic hydroxyl groups is 1. The third-order valence-corrected chi connectivity index (χ3v) is 11.1. The number of fused-ring (bicyclic) bond motifs is 4. The lowest BCUT2D eigenvalue weighted by Crippen LogP contribution is -2.47. The minimum atomic E-state index is -0.283. The Morgan fingerprint density at radius 3 is 2.39 bits per heavy atom. The van der Waals surface area contributed by atoms with E-state index in [1.165, 1.54) is 22.3 Å². The van der Waals surface area contributed by atoms with Gasteiger partial charge in [0.15, 0.2) is 0 Å². The molecule has 3 heterocycles. The van der Waals surface area contributed by atoms with Crippen molar-refractivity contribution >= 4 is 28.7 Å². The van der Waals surface area contributed by atoms with Crippen LogP contribution in [0.25, 0.3) is 16.8 Å². The molecule has 0 unspecified atom stereocenters. The number of rotatable bonds is 9. The van der Waals surface area contributed by atoms with E-state index in [-0.39, 0.29) is 41.7 Å². The van der Waals surface area contributed by atoms with Crippen LogP contribution in [-0.2, 0) is 20.9 Å². The molecule has 0 radical (unpaired) electrons. The minimum absolute atomic E-state index is 0.00232. The lowest BCUT2D eigenvalue weighted by atomic mass is 9.69. The molecule has 0 bridgehead atoms. The van der Waals surface area contributed by atoms with Gasteiger partial charge in [0, 0.05) is 37.0 Å². The average molecular weight is 619 g/mol. The number of phenols is 1. The van der Waals surface area contributed by atoms with E-state index in [4.69, 9.17) is 4.74 Å². The fourth-order valence-electron chi connectivity index (χ4n) is 8.69. The lowest BCUT2D eigenvalue weighted by Gasteiger charge is -2.36. The maximum Gasteiger partial charge on any atom is 0.234 e. The molecule has 46 heavy (non-hydrogen) atoms. The van der Waals surface area contributed by atoms with Crippen molar-refractivity contribution < 1.29 is 19.4 Å². The first-order valence-electron chi connectivity index (χ1n) is 17.3. The van der Waals surface area contributed by atoms with Gasteiger partial charge in [0.2, 0.25) is 11.8 Å². The maximum atomic E-state index is 14.1. The summed E-state index contributed by atoms with van der Waals surface area (Å²) >= 11 is 0. The number of hydrogen-bond acceptors (Lipinski definition) is 5. The van der Waals surface area contributed by atoms with Gasteiger partial charge in [-0.05, 0) is 73.1 Å². The second kappa shape index (κ2) is 13.2. The van der Waals surface area contributed by atoms with Crippen LogP contribution in [0, 0.1) is 17.8 Å². The fourth-order valence-corrected chi connectivity index (χ4v) is 8.69. The minimum Gasteiger partial charge on any atom is -0.507 e. The normalized spacial score (nSPS) is 25.9. The van der Waals surface area contributed by atoms with Gasteiger partial charge in [0.25, 0.3) is 0 Å². The highest BCUT2D eigenvalue weighted by molar-refractivity contribution is 6.06. The van der Waals surface area contributed by atoms with Gasteiger partial charge in [-0.1, -0.05) is 91.7 Å². The Balaban J connectivity index is 1.04. The number of imide groups is 1. The summed E-state index contributed by atoms with van der Waals surface area (Å²) in [5, 5.41) is 12.3. The first kappa shape index (κ1) is 30.9. The molecule has 0 aromatic heterocycles. The number of amides is 2. The summed E-state index contributed by atoms with van der Waals surface area (Å²) in [5.41, 5.74) is 6.41. The highest BCUT2D eigenvalue weighted by atomic mass is 16.5. The van der Waals surface area contributed by atoms with Crippen molar-refractivity contribution in [3.05, 3.63) is 94.6 Å². The molecule has 3 aromatic rings. The molecule has 3 aliphatic heterocycles. The average Bonchev–Trinajstić information content (AvgIpc) is 3.62. The van der Waals surface area contributed by atoms with Gasteiger partial charge in [-0.2, -0.15) is 0 Å². The Bertz CT molecular complexity index is 1670. The van der Waals surface area contributed by atoms with Gasteiger partial charge in [0.1, 0.15) is 5.75 Å². The van der Waals surface area contributed by atoms with Gasteiger partial charge >= 0.3 is 0 Å². The largest absolute Gasteiger partial charge is 0.507 e. The molecule has 4 atom stereocenters. The highest BCUT2D eigenvalue weighted by Crippen LogP contribution is 2.51. The van der Waals surface area contributed by atoms with Crippen LogP contribution in [0.2, 0.25) is 0 Å². The molecule has 2 amide bonds. The zero-order chi connectivity index (χ0) is 31.8. The molecule has 3 fully saturated rings. The fraction of sp³-hybridized carbons (Fsp3) is 0.450. The summed E-state index contributed by atoms with van der Waals surface area (Å²) in [7, 11) is 0. The monoisotopic (exact) mass is 618 g/mol. The summed E-state index contributed by atoms with van der Waals surface area (Å²) < 4.78 is 6.50. The van der Waals surface area contributed by atoms with Crippen molar-refractivity contribution in [3.8, 4) is 5.75 Å². The molecular formula is C40H46N2O4. The zero-order valence-electron chi connectivity index (χ0n) is 27.2. The summed E-state index contributed by atoms with van der Waals surface area (Å²) in [6.45, 7) is 7.62. The zero-order valence-corrected chi connectivity index (χ0v) is 27.2. The molecule has 1 aliphatic carbocycles. The summed E-state index contributed by atoms with van der Waals surface area (Å²) in [6.07, 6.45) is 8.23. The van der Waals surface area contributed by atoms with E-state index in [2.05, 4.69) is 55.2 Å². The van der Waals surface area contributed by atoms with Gasteiger partial charge in [0.05, 0.1) is 24.5 Å². The van der Waals surface area contributed by atoms with Crippen LogP contribution >= 0.6 is 0 Å². The van der Waals surface area contributed by atoms with Gasteiger partial charge < -0.3 is 9.84 Å². The predicted octanol–water partition coefficient (Wildman–Crippen LogP) is 7.51. The second-order valence-corrected chi connectivity index (χ2v) is 13.6. The van der Waals surface area contributed by atoms with E-state index < -0.39 is 0 Å². The van der Waals surface area contributed by atoms with Crippen molar-refractivity contribution in [2.24, 2.45) is 17.8 Å². The standard InChI is InChI=1S/C40H46N2O4/c1-3-26(22-29-15-16-35(43)32-13-9-8-12-31(29)32)14-17-36-37-28(4-2)23-33-38(34(37)25-46-36)40(45)42(39(33)44)30-18-20-41(21-19-30)24-27-10-6-5-7-11-27/h5-13,15-16,22,30,33-34,36,38,43H,3-4,14,17-21,23-25H2,1-2H3/b26-22+/t33-,34+,36-,38-/m1/s1. The number of likely N-dealkylation sites (tertiary alicyclic amines) is 2. The Kier molecular flexibility index (Phi) is 8.84. The first-order valence-corrected chi connectivity index (χ1v) is 17.3. The van der Waals surface area contributed by atoms with Crippen LogP contribution in [0.5, 0.6) is 5.75 Å². The third-order valence-electron chi connectivity index (χ3n) is 11.1. The Morgan fingerprint density at radius 2 is 1.65 bits per heavy atom. The quantitative estimate of drug-likeness (QED) is 0.199. The number of benzene rings is 3. The van der Waals surface area contributed by atoms with Crippen LogP contribution in [0.1, 0.15) is 69.9 Å². The molecule has 1 N–H and O–H groups in total. The number of allylic oxidation sites excluding steroid dienone is 2. The van der Waals surface area contributed by atoms with Crippen LogP contribution in [-0.4, -0.2) is 58.6 Å². The Labute approximate surface area is 272 Å². The summed E-state index contributed by atoms with van der Waals surface area (Å²) in [5.74, 6) is -0.107. The number of ether oxygens (including phenoxy) is 1. The Hall–Kier alpha value is -3.74. The van der Waals surface area contributed by atoms with Gasteiger partial charge in [-0.3, -0.25) is 19.4 Å². The van der Waals surface area contributed by atoms with E-state index in [1.807, 2.05) is 30.3 Å². The first-order chi connectivity index (χ1) is 22.5. The summed E-state index contributed by atoms with van der Waals surface area (Å²) in [6, 6.07) is 22.3. The van der Waals surface area contributed by atoms with E-state index in [9.17, 15) is 14.7 Å².